The molecule has 1 saturated heterocycles. The standard InChI is InChI=1S/C28H44F2N5O9P/c1-17(22(36)42-19-10-6-4-7-11-19)33-45(40,34-18(2)23(37)43-20-12-8-5-9-13-20)41-16-28(30)24(38)27(3,29)25(44-28)35-15-14-21(31)32-26(35)39/h14-15,17-20,24-25,38H,4-13,16H2,1-3H3,(H2,31,32,39)(H2,33,34,40)/t17-,18-,24-,25+,27+,28+/m0/s1. The molecule has 0 aromatic carbocycles. The number of nitrogens with two attached hydrogens (primary N) is 1. The van der Waals surface area contributed by atoms with Crippen molar-refractivity contribution in [1.29, 1.82) is 0 Å². The predicted molar refractivity (Wildman–Crippen MR) is 157 cm³/mol. The van der Waals surface area contributed by atoms with Crippen LogP contribution in [0.5, 0.6) is 0 Å². The molecule has 3 aliphatic rings. The Kier molecular flexibility index (Phi) is 11.4. The lowest BCUT2D eigenvalue weighted by atomic mass is 9.97. The molecule has 45 heavy (non-hydrogen) atoms. The molecular formula is C28H44F2N5O9P. The molecule has 14 nitrogen and oxygen atoms in total. The number of nitrogens with one attached hydrogen (secondary N) is 2. The van der Waals surface area contributed by atoms with Crippen molar-refractivity contribution in [2.24, 2.45) is 0 Å². The summed E-state index contributed by atoms with van der Waals surface area (Å²) in [5.74, 6) is -5.01. The zero-order valence-electron chi connectivity index (χ0n) is 25.8. The van der Waals surface area contributed by atoms with Gasteiger partial charge in [-0.2, -0.15) is 4.98 Å². The number of nitrogens with zero attached hydrogens (tertiary/aromatic N) is 2. The number of carbonyl (C=O) groups is 2. The highest BCUT2D eigenvalue weighted by molar-refractivity contribution is 7.54. The Bertz CT molecular complexity index is 1260. The van der Waals surface area contributed by atoms with Gasteiger partial charge < -0.3 is 25.1 Å². The number of aliphatic hydroxyl groups is 1. The Morgan fingerprint density at radius 1 is 1.07 bits per heavy atom. The Morgan fingerprint density at radius 2 is 1.56 bits per heavy atom. The summed E-state index contributed by atoms with van der Waals surface area (Å²) >= 11 is 0. The molecule has 0 spiro atoms. The fourth-order valence-electron chi connectivity index (χ4n) is 5.77. The van der Waals surface area contributed by atoms with Crippen molar-refractivity contribution in [1.82, 2.24) is 19.7 Å². The molecule has 2 heterocycles. The fraction of sp³-hybridized carbons (Fsp3) is 0.786. The number of ether oxygens (including phenoxy) is 3. The summed E-state index contributed by atoms with van der Waals surface area (Å²) in [4.78, 5) is 41.6. The van der Waals surface area contributed by atoms with Crippen LogP contribution in [0.3, 0.4) is 0 Å². The van der Waals surface area contributed by atoms with Gasteiger partial charge in [-0.15, -0.1) is 0 Å². The molecule has 3 fully saturated rings. The van der Waals surface area contributed by atoms with Crippen LogP contribution in [-0.4, -0.2) is 75.1 Å². The minimum absolute atomic E-state index is 0.171. The number of hydrogen-bond donors (Lipinski definition) is 4. The third kappa shape index (κ3) is 8.66. The van der Waals surface area contributed by atoms with Gasteiger partial charge in [-0.05, 0) is 78.2 Å². The molecule has 254 valence electrons. The maximum absolute atomic E-state index is 16.1. The quantitative estimate of drug-likeness (QED) is 0.189. The van der Waals surface area contributed by atoms with Crippen LogP contribution in [0, 0.1) is 0 Å². The topological polar surface area (TPSA) is 193 Å². The number of nitrogen functional groups attached to an aromatic ring is 1. The highest BCUT2D eigenvalue weighted by atomic mass is 31.2. The van der Waals surface area contributed by atoms with Gasteiger partial charge in [0.1, 0.15) is 36.7 Å². The zero-order chi connectivity index (χ0) is 33.0. The van der Waals surface area contributed by atoms with Crippen LogP contribution in [-0.2, 0) is 32.9 Å². The number of esters is 2. The Morgan fingerprint density at radius 3 is 2.02 bits per heavy atom. The molecule has 0 radical (unpaired) electrons. The van der Waals surface area contributed by atoms with Gasteiger partial charge in [0.05, 0.1) is 0 Å². The highest BCUT2D eigenvalue weighted by Gasteiger charge is 2.65. The first-order chi connectivity index (χ1) is 21.1. The molecular weight excluding hydrogens is 619 g/mol. The van der Waals surface area contributed by atoms with Crippen LogP contribution in [0.25, 0.3) is 0 Å². The molecule has 1 aromatic heterocycles. The van der Waals surface area contributed by atoms with Crippen molar-refractivity contribution in [3.63, 3.8) is 0 Å². The number of aliphatic hydroxyl groups excluding tert-OH is 1. The average Bonchev–Trinajstić information content (AvgIpc) is 3.17. The van der Waals surface area contributed by atoms with Crippen molar-refractivity contribution in [2.45, 2.75) is 133 Å². The van der Waals surface area contributed by atoms with E-state index in [2.05, 4.69) is 15.2 Å². The third-order valence-corrected chi connectivity index (χ3v) is 10.3. The highest BCUT2D eigenvalue weighted by Crippen LogP contribution is 2.50. The van der Waals surface area contributed by atoms with E-state index in [-0.39, 0.29) is 18.0 Å². The summed E-state index contributed by atoms with van der Waals surface area (Å²) in [6.45, 7) is 2.19. The lowest BCUT2D eigenvalue weighted by Crippen LogP contribution is -2.48. The Balaban J connectivity index is 1.50. The minimum atomic E-state index is -4.57. The largest absolute Gasteiger partial charge is 0.461 e. The van der Waals surface area contributed by atoms with E-state index in [1.165, 1.54) is 13.8 Å². The number of hydrogen-bond acceptors (Lipinski definition) is 11. The molecule has 4 rings (SSSR count). The van der Waals surface area contributed by atoms with Gasteiger partial charge in [-0.25, -0.2) is 23.7 Å². The van der Waals surface area contributed by atoms with Crippen molar-refractivity contribution >= 4 is 25.4 Å². The van der Waals surface area contributed by atoms with E-state index in [9.17, 15) is 24.1 Å². The number of halogens is 2. The predicted octanol–water partition coefficient (Wildman–Crippen LogP) is 2.94. The molecule has 0 amide bonds. The molecule has 1 aromatic rings. The normalized spacial score (nSPS) is 29.6. The first-order valence-electron chi connectivity index (χ1n) is 15.4. The SMILES string of the molecule is C[C@H](NP(=O)(N[C@@H](C)C(=O)OC1CCCCC1)OC[C@@]1(F)O[C@@H](n2ccc(N)nc2=O)[C@](C)(F)[C@@H]1O)C(=O)OC1CCCCC1. The number of anilines is 1. The molecule has 5 N–H and O–H groups in total. The van der Waals surface area contributed by atoms with Crippen LogP contribution >= 0.6 is 7.67 Å². The van der Waals surface area contributed by atoms with Gasteiger partial charge in [0.25, 0.3) is 5.85 Å². The van der Waals surface area contributed by atoms with E-state index in [0.717, 1.165) is 57.7 Å². The maximum atomic E-state index is 16.1. The molecule has 1 aliphatic heterocycles. The van der Waals surface area contributed by atoms with Crippen molar-refractivity contribution < 1.29 is 46.8 Å². The second kappa shape index (κ2) is 14.5. The summed E-state index contributed by atoms with van der Waals surface area (Å²) in [6.07, 6.45) is 4.28. The lowest BCUT2D eigenvalue weighted by Gasteiger charge is -2.31. The van der Waals surface area contributed by atoms with E-state index in [1.807, 2.05) is 0 Å². The number of rotatable bonds is 12. The minimum Gasteiger partial charge on any atom is -0.461 e. The number of carbonyl (C=O) groups excluding carboxylic acids is 2. The molecule has 0 unspecified atom stereocenters. The monoisotopic (exact) mass is 663 g/mol. The maximum Gasteiger partial charge on any atom is 0.351 e. The van der Waals surface area contributed by atoms with E-state index in [4.69, 9.17) is 24.5 Å². The average molecular weight is 664 g/mol. The summed E-state index contributed by atoms with van der Waals surface area (Å²) in [5, 5.41) is 15.6. The fourth-order valence-corrected chi connectivity index (χ4v) is 7.58. The van der Waals surface area contributed by atoms with Crippen LogP contribution in [0.4, 0.5) is 14.6 Å². The first-order valence-corrected chi connectivity index (χ1v) is 17.1. The zero-order valence-corrected chi connectivity index (χ0v) is 26.7. The Labute approximate surface area is 260 Å². The van der Waals surface area contributed by atoms with Crippen LogP contribution in [0.1, 0.15) is 91.2 Å². The lowest BCUT2D eigenvalue weighted by molar-refractivity contribution is -0.203. The summed E-state index contributed by atoms with van der Waals surface area (Å²) in [7, 11) is -4.57. The summed E-state index contributed by atoms with van der Waals surface area (Å²) < 4.78 is 68.2. The second-order valence-corrected chi connectivity index (χ2v) is 14.2. The van der Waals surface area contributed by atoms with Gasteiger partial charge in [0, 0.05) is 6.20 Å². The van der Waals surface area contributed by atoms with Gasteiger partial charge in [0.15, 0.2) is 18.0 Å². The molecule has 2 aliphatic carbocycles. The van der Waals surface area contributed by atoms with Crippen molar-refractivity contribution in [3.8, 4) is 0 Å². The molecule has 0 bridgehead atoms. The number of alkyl halides is 2. The van der Waals surface area contributed by atoms with Gasteiger partial charge in [0.2, 0.25) is 0 Å². The van der Waals surface area contributed by atoms with Crippen LogP contribution in [0.2, 0.25) is 0 Å². The van der Waals surface area contributed by atoms with E-state index in [1.54, 1.807) is 0 Å². The summed E-state index contributed by atoms with van der Waals surface area (Å²) in [6, 6.07) is -1.35. The van der Waals surface area contributed by atoms with E-state index in [0.29, 0.717) is 30.3 Å². The third-order valence-electron chi connectivity index (χ3n) is 8.39. The molecule has 6 atom stereocenters. The van der Waals surface area contributed by atoms with Gasteiger partial charge >= 0.3 is 25.3 Å². The van der Waals surface area contributed by atoms with Crippen molar-refractivity contribution in [3.05, 3.63) is 22.7 Å². The smallest absolute Gasteiger partial charge is 0.351 e. The second-order valence-electron chi connectivity index (χ2n) is 12.3. The number of aromatic nitrogens is 2. The van der Waals surface area contributed by atoms with Gasteiger partial charge in [-0.1, -0.05) is 12.8 Å². The molecule has 2 saturated carbocycles. The van der Waals surface area contributed by atoms with Crippen LogP contribution < -0.4 is 21.6 Å². The molecule has 17 heteroatoms. The Hall–Kier alpha value is -2.49. The van der Waals surface area contributed by atoms with Crippen LogP contribution in [0.15, 0.2) is 17.1 Å². The van der Waals surface area contributed by atoms with Gasteiger partial charge in [-0.3, -0.25) is 23.2 Å². The van der Waals surface area contributed by atoms with E-state index < -0.39 is 67.8 Å². The van der Waals surface area contributed by atoms with E-state index >= 15 is 8.78 Å². The summed E-state index contributed by atoms with van der Waals surface area (Å²) in [5.41, 5.74) is 1.53. The first kappa shape index (κ1) is 35.4. The van der Waals surface area contributed by atoms with Crippen molar-refractivity contribution in [2.75, 3.05) is 12.3 Å².